The molecule has 5 rings (SSSR count). The Morgan fingerprint density at radius 2 is 1.34 bits per heavy atom. The molecule has 2 fully saturated rings. The zero-order valence-electron chi connectivity index (χ0n) is 20.6. The molecule has 2 heterocycles. The van der Waals surface area contributed by atoms with Gasteiger partial charge in [-0.1, -0.05) is 72.8 Å². The lowest BCUT2D eigenvalue weighted by Gasteiger charge is -2.48. The lowest BCUT2D eigenvalue weighted by atomic mass is 9.97. The van der Waals surface area contributed by atoms with Crippen LogP contribution in [0.1, 0.15) is 32.6 Å². The molecule has 6 atom stereocenters. The van der Waals surface area contributed by atoms with Crippen molar-refractivity contribution >= 4 is 11.9 Å². The Labute approximate surface area is 220 Å². The summed E-state index contributed by atoms with van der Waals surface area (Å²) in [6.45, 7) is 3.96. The Morgan fingerprint density at radius 1 is 0.789 bits per heavy atom. The molecule has 3 aromatic carbocycles. The summed E-state index contributed by atoms with van der Waals surface area (Å²) in [7, 11) is 0. The van der Waals surface area contributed by atoms with E-state index in [-0.39, 0.29) is 13.2 Å². The Hall–Kier alpha value is -3.82. The zero-order valence-corrected chi connectivity index (χ0v) is 20.6. The topological polar surface area (TPSA) is 89.5 Å². The van der Waals surface area contributed by atoms with Crippen molar-refractivity contribution in [3.8, 4) is 0 Å². The van der Waals surface area contributed by atoms with Gasteiger partial charge in [0, 0.05) is 5.56 Å². The van der Waals surface area contributed by atoms with E-state index in [0.717, 1.165) is 5.56 Å². The van der Waals surface area contributed by atoms with Crippen molar-refractivity contribution in [2.24, 2.45) is 0 Å². The van der Waals surface area contributed by atoms with Crippen molar-refractivity contribution < 1.29 is 38.0 Å². The van der Waals surface area contributed by atoms with E-state index in [0.29, 0.717) is 11.1 Å². The summed E-state index contributed by atoms with van der Waals surface area (Å²) in [4.78, 5) is 26.3. The Morgan fingerprint density at radius 3 is 1.92 bits per heavy atom. The van der Waals surface area contributed by atoms with Crippen molar-refractivity contribution in [1.29, 1.82) is 0 Å². The molecule has 0 spiro atoms. The van der Waals surface area contributed by atoms with Gasteiger partial charge < -0.3 is 28.4 Å². The van der Waals surface area contributed by atoms with Crippen LogP contribution in [0.15, 0.2) is 104 Å². The predicted octanol–water partition coefficient (Wildman–Crippen LogP) is 4.48. The Kier molecular flexibility index (Phi) is 8.25. The van der Waals surface area contributed by atoms with E-state index in [1.165, 1.54) is 0 Å². The lowest BCUT2D eigenvalue weighted by Crippen LogP contribution is -2.64. The molecule has 8 heteroatoms. The van der Waals surface area contributed by atoms with E-state index in [1.54, 1.807) is 66.7 Å². The molecule has 0 bridgehead atoms. The highest BCUT2D eigenvalue weighted by molar-refractivity contribution is 5.90. The second kappa shape index (κ2) is 12.1. The number of carbonyl (C=O) groups excluding carboxylic acids is 2. The van der Waals surface area contributed by atoms with Gasteiger partial charge in [-0.3, -0.25) is 0 Å². The quantitative estimate of drug-likeness (QED) is 0.320. The number of esters is 2. The fourth-order valence-corrected chi connectivity index (χ4v) is 4.41. The van der Waals surface area contributed by atoms with Crippen LogP contribution >= 0.6 is 0 Å². The van der Waals surface area contributed by atoms with Crippen molar-refractivity contribution in [3.05, 3.63) is 120 Å². The van der Waals surface area contributed by atoms with Crippen molar-refractivity contribution in [2.75, 3.05) is 13.2 Å². The third-order valence-corrected chi connectivity index (χ3v) is 6.24. The molecule has 3 aromatic rings. The highest BCUT2D eigenvalue weighted by Crippen LogP contribution is 2.37. The molecule has 0 radical (unpaired) electrons. The van der Waals surface area contributed by atoms with Crippen LogP contribution in [0.2, 0.25) is 0 Å². The summed E-state index contributed by atoms with van der Waals surface area (Å²) in [5.41, 5.74) is 1.47. The largest absolute Gasteiger partial charge is 0.452 e. The molecule has 2 aliphatic heterocycles. The number of rotatable bonds is 8. The molecule has 1 unspecified atom stereocenters. The number of carbonyl (C=O) groups is 2. The first-order chi connectivity index (χ1) is 18.6. The maximum absolute atomic E-state index is 13.2. The minimum atomic E-state index is -1.13. The van der Waals surface area contributed by atoms with Crippen LogP contribution < -0.4 is 0 Å². The van der Waals surface area contributed by atoms with Crippen molar-refractivity contribution in [3.63, 3.8) is 0 Å². The number of benzene rings is 3. The highest BCUT2D eigenvalue weighted by atomic mass is 16.8. The van der Waals surface area contributed by atoms with Gasteiger partial charge in [0.15, 0.2) is 24.8 Å². The molecule has 196 valence electrons. The summed E-state index contributed by atoms with van der Waals surface area (Å²) < 4.78 is 36.2. The van der Waals surface area contributed by atoms with E-state index in [4.69, 9.17) is 28.4 Å². The van der Waals surface area contributed by atoms with E-state index < -0.39 is 48.9 Å². The second-order valence-electron chi connectivity index (χ2n) is 8.81. The summed E-state index contributed by atoms with van der Waals surface area (Å²) >= 11 is 0. The van der Waals surface area contributed by atoms with Crippen LogP contribution in [-0.2, 0) is 28.4 Å². The molecule has 0 aliphatic carbocycles. The van der Waals surface area contributed by atoms with Crippen molar-refractivity contribution in [1.82, 2.24) is 0 Å². The van der Waals surface area contributed by atoms with E-state index in [9.17, 15) is 9.59 Å². The number of ether oxygens (including phenoxy) is 6. The Balaban J connectivity index is 1.48. The predicted molar refractivity (Wildman–Crippen MR) is 136 cm³/mol. The molecule has 2 saturated heterocycles. The van der Waals surface area contributed by atoms with Gasteiger partial charge >= 0.3 is 11.9 Å². The average Bonchev–Trinajstić information content (AvgIpc) is 2.98. The fourth-order valence-electron chi connectivity index (χ4n) is 4.41. The summed E-state index contributed by atoms with van der Waals surface area (Å²) in [5.74, 6) is -1.21. The zero-order chi connectivity index (χ0) is 26.3. The Bertz CT molecular complexity index is 1220. The number of hydrogen-bond donors (Lipinski definition) is 0. The van der Waals surface area contributed by atoms with Crippen molar-refractivity contribution in [2.45, 2.75) is 37.0 Å². The van der Waals surface area contributed by atoms with Crippen LogP contribution in [-0.4, -0.2) is 55.9 Å². The molecule has 0 saturated carbocycles. The summed E-state index contributed by atoms with van der Waals surface area (Å²) in [6, 6.07) is 26.5. The van der Waals surface area contributed by atoms with Gasteiger partial charge in [-0.25, -0.2) is 9.59 Å². The van der Waals surface area contributed by atoms with Crippen LogP contribution in [0.3, 0.4) is 0 Å². The maximum Gasteiger partial charge on any atom is 0.338 e. The molecular formula is C30H28O8. The molecule has 38 heavy (non-hydrogen) atoms. The molecule has 0 aromatic heterocycles. The van der Waals surface area contributed by atoms with E-state index >= 15 is 0 Å². The molecule has 0 N–H and O–H groups in total. The highest BCUT2D eigenvalue weighted by Gasteiger charge is 2.54. The van der Waals surface area contributed by atoms with Crippen LogP contribution in [0.25, 0.3) is 0 Å². The third kappa shape index (κ3) is 5.84. The third-order valence-electron chi connectivity index (χ3n) is 6.24. The smallest absolute Gasteiger partial charge is 0.338 e. The first-order valence-corrected chi connectivity index (χ1v) is 12.4. The maximum atomic E-state index is 13.2. The molecule has 2 aliphatic rings. The number of fused-ring (bicyclic) bond motifs is 1. The minimum Gasteiger partial charge on any atom is -0.452 e. The van der Waals surface area contributed by atoms with E-state index in [1.807, 2.05) is 30.3 Å². The van der Waals surface area contributed by atoms with Gasteiger partial charge in [0.05, 0.1) is 24.3 Å². The van der Waals surface area contributed by atoms with Gasteiger partial charge in [0.2, 0.25) is 0 Å². The SMILES string of the molecule is C=CCO[C@@H]1O[C@@H]2COC(c3ccccc3)O[C@H]2[C@H](OC(=O)c2ccccc2)[C@H]1OC(=O)c1ccccc1. The lowest BCUT2D eigenvalue weighted by molar-refractivity contribution is -0.358. The number of hydrogen-bond acceptors (Lipinski definition) is 8. The summed E-state index contributed by atoms with van der Waals surface area (Å²) in [6.07, 6.45) is -3.88. The van der Waals surface area contributed by atoms with Gasteiger partial charge in [0.25, 0.3) is 0 Å². The van der Waals surface area contributed by atoms with Gasteiger partial charge in [-0.2, -0.15) is 0 Å². The fraction of sp³-hybridized carbons (Fsp3) is 0.267. The first-order valence-electron chi connectivity index (χ1n) is 12.4. The average molecular weight is 517 g/mol. The van der Waals surface area contributed by atoms with Gasteiger partial charge in [-0.15, -0.1) is 6.58 Å². The standard InChI is InChI=1S/C30H28O8/c1-2-18-33-30-26(37-28(32)21-14-8-4-9-15-21)25(36-27(31)20-12-6-3-7-13-20)24-23(35-30)19-34-29(38-24)22-16-10-5-11-17-22/h2-17,23-26,29-30H,1,18-19H2/t23-,24-,25+,26-,29?,30-/m1/s1. The molecular weight excluding hydrogens is 488 g/mol. The van der Waals surface area contributed by atoms with Crippen LogP contribution in [0.4, 0.5) is 0 Å². The second-order valence-corrected chi connectivity index (χ2v) is 8.81. The first kappa shape index (κ1) is 25.8. The minimum absolute atomic E-state index is 0.120. The van der Waals surface area contributed by atoms with Crippen LogP contribution in [0.5, 0.6) is 0 Å². The summed E-state index contributed by atoms with van der Waals surface area (Å²) in [5, 5.41) is 0. The normalized spacial score (nSPS) is 26.5. The molecule has 8 nitrogen and oxygen atoms in total. The van der Waals surface area contributed by atoms with Gasteiger partial charge in [-0.05, 0) is 24.3 Å². The van der Waals surface area contributed by atoms with Gasteiger partial charge in [0.1, 0.15) is 12.2 Å². The molecule has 0 amide bonds. The van der Waals surface area contributed by atoms with E-state index in [2.05, 4.69) is 6.58 Å². The monoisotopic (exact) mass is 516 g/mol. The van der Waals surface area contributed by atoms with Crippen LogP contribution in [0, 0.1) is 0 Å².